The molecule has 0 radical (unpaired) electrons. The van der Waals surface area contributed by atoms with E-state index in [0.717, 1.165) is 17.3 Å². The summed E-state index contributed by atoms with van der Waals surface area (Å²) in [5, 5.41) is 0. The van der Waals surface area contributed by atoms with Gasteiger partial charge in [0.1, 0.15) is 0 Å². The van der Waals surface area contributed by atoms with Crippen molar-refractivity contribution in [1.29, 1.82) is 0 Å². The maximum Gasteiger partial charge on any atom is 0.165 e. The normalized spacial score (nSPS) is 19.1. The van der Waals surface area contributed by atoms with Gasteiger partial charge in [0.15, 0.2) is 17.3 Å². The van der Waals surface area contributed by atoms with Crippen LogP contribution in [0.15, 0.2) is 16.6 Å². The Bertz CT molecular complexity index is 526. The third-order valence-corrected chi connectivity index (χ3v) is 4.39. The highest BCUT2D eigenvalue weighted by molar-refractivity contribution is 9.10. The van der Waals surface area contributed by atoms with E-state index >= 15 is 0 Å². The van der Waals surface area contributed by atoms with Crippen LogP contribution in [0.3, 0.4) is 0 Å². The Morgan fingerprint density at radius 1 is 1.26 bits per heavy atom. The Balaban J connectivity index is 1.90. The van der Waals surface area contributed by atoms with Crippen LogP contribution in [0.1, 0.15) is 29.6 Å². The first-order valence-corrected chi connectivity index (χ1v) is 7.25. The Kier molecular flexibility index (Phi) is 3.27. The third-order valence-electron chi connectivity index (χ3n) is 3.73. The number of halogens is 1. The molecule has 5 heteroatoms. The number of fused-ring (bicyclic) bond motifs is 1. The second-order valence-corrected chi connectivity index (χ2v) is 6.17. The van der Waals surface area contributed by atoms with E-state index in [0.29, 0.717) is 43.2 Å². The van der Waals surface area contributed by atoms with Crippen molar-refractivity contribution >= 4 is 21.7 Å². The average molecular weight is 326 g/mol. The van der Waals surface area contributed by atoms with Gasteiger partial charge in [0.2, 0.25) is 0 Å². The van der Waals surface area contributed by atoms with Crippen LogP contribution in [0, 0.1) is 5.41 Å². The molecule has 19 heavy (non-hydrogen) atoms. The van der Waals surface area contributed by atoms with Crippen LogP contribution < -0.4 is 15.2 Å². The highest BCUT2D eigenvalue weighted by Gasteiger charge is 2.46. The lowest BCUT2D eigenvalue weighted by Crippen LogP contribution is -2.17. The Hall–Kier alpha value is -1.07. The van der Waals surface area contributed by atoms with Crippen molar-refractivity contribution in [3.8, 4) is 11.5 Å². The van der Waals surface area contributed by atoms with E-state index in [1.807, 2.05) is 6.07 Å². The molecule has 1 spiro atoms. The molecule has 1 aliphatic carbocycles. The fraction of sp³-hybridized carbons (Fsp3) is 0.500. The minimum atomic E-state index is 0.0196. The van der Waals surface area contributed by atoms with Gasteiger partial charge in [0.25, 0.3) is 0 Å². The fourth-order valence-electron chi connectivity index (χ4n) is 2.21. The average Bonchev–Trinajstić information content (AvgIpc) is 3.18. The van der Waals surface area contributed by atoms with Gasteiger partial charge >= 0.3 is 0 Å². The lowest BCUT2D eigenvalue weighted by Gasteiger charge is -2.10. The summed E-state index contributed by atoms with van der Waals surface area (Å²) in [7, 11) is 0. The largest absolute Gasteiger partial charge is 0.489 e. The zero-order valence-corrected chi connectivity index (χ0v) is 12.2. The fourth-order valence-corrected chi connectivity index (χ4v) is 2.75. The Morgan fingerprint density at radius 3 is 2.47 bits per heavy atom. The van der Waals surface area contributed by atoms with Crippen LogP contribution >= 0.6 is 15.9 Å². The molecule has 0 atom stereocenters. The van der Waals surface area contributed by atoms with Crippen molar-refractivity contribution in [2.75, 3.05) is 19.8 Å². The van der Waals surface area contributed by atoms with Gasteiger partial charge in [0.05, 0.1) is 13.2 Å². The number of benzene rings is 1. The predicted molar refractivity (Wildman–Crippen MR) is 74.8 cm³/mol. The zero-order chi connectivity index (χ0) is 13.5. The van der Waals surface area contributed by atoms with E-state index in [4.69, 9.17) is 15.2 Å². The standard InChI is InChI=1S/C14H16BrNO3/c15-10-6-13-12(5-9(10)11(17)1-4-16)18-7-14(2-3-14)8-19-13/h5-6H,1-4,7-8,16H2. The SMILES string of the molecule is NCCC(=O)c1cc2c(cc1Br)OCC1(CC1)CO2. The number of ether oxygens (including phenoxy) is 2. The molecule has 0 aromatic heterocycles. The number of carbonyl (C=O) groups excluding carboxylic acids is 1. The molecule has 2 N–H and O–H groups in total. The van der Waals surface area contributed by atoms with Crippen molar-refractivity contribution in [2.24, 2.45) is 11.1 Å². The van der Waals surface area contributed by atoms with Gasteiger partial charge in [-0.25, -0.2) is 0 Å². The number of ketones is 1. The molecule has 1 heterocycles. The second-order valence-electron chi connectivity index (χ2n) is 5.32. The van der Waals surface area contributed by atoms with Gasteiger partial charge in [-0.15, -0.1) is 0 Å². The van der Waals surface area contributed by atoms with Crippen molar-refractivity contribution in [2.45, 2.75) is 19.3 Å². The predicted octanol–water partition coefficient (Wildman–Crippen LogP) is 2.53. The number of Topliss-reactive ketones (excluding diaryl/α,β-unsaturated/α-hetero) is 1. The molecule has 1 aromatic carbocycles. The summed E-state index contributed by atoms with van der Waals surface area (Å²) in [6, 6.07) is 3.58. The lowest BCUT2D eigenvalue weighted by molar-refractivity contribution is 0.0984. The third kappa shape index (κ3) is 2.49. The van der Waals surface area contributed by atoms with Crippen LogP contribution in [-0.4, -0.2) is 25.5 Å². The second kappa shape index (κ2) is 4.80. The van der Waals surface area contributed by atoms with Gasteiger partial charge < -0.3 is 15.2 Å². The summed E-state index contributed by atoms with van der Waals surface area (Å²) in [4.78, 5) is 12.0. The molecule has 1 fully saturated rings. The first-order chi connectivity index (χ1) is 9.13. The van der Waals surface area contributed by atoms with Crippen molar-refractivity contribution in [3.63, 3.8) is 0 Å². The maximum atomic E-state index is 12.0. The van der Waals surface area contributed by atoms with E-state index < -0.39 is 0 Å². The molecule has 0 unspecified atom stereocenters. The van der Waals surface area contributed by atoms with Crippen molar-refractivity contribution in [3.05, 3.63) is 22.2 Å². The molecular weight excluding hydrogens is 310 g/mol. The van der Waals surface area contributed by atoms with Gasteiger partial charge in [0, 0.05) is 21.9 Å². The van der Waals surface area contributed by atoms with Crippen LogP contribution in [0.5, 0.6) is 11.5 Å². The topological polar surface area (TPSA) is 61.6 Å². The highest BCUT2D eigenvalue weighted by Crippen LogP contribution is 2.49. The molecule has 3 rings (SSSR count). The molecule has 0 bridgehead atoms. The summed E-state index contributed by atoms with van der Waals surface area (Å²) in [6.45, 7) is 1.72. The number of hydrogen-bond acceptors (Lipinski definition) is 4. The van der Waals surface area contributed by atoms with E-state index in [2.05, 4.69) is 15.9 Å². The summed E-state index contributed by atoms with van der Waals surface area (Å²) in [5.74, 6) is 1.39. The number of rotatable bonds is 3. The lowest BCUT2D eigenvalue weighted by atomic mass is 10.1. The van der Waals surface area contributed by atoms with Gasteiger partial charge in [-0.3, -0.25) is 4.79 Å². The maximum absolute atomic E-state index is 12.0. The van der Waals surface area contributed by atoms with Gasteiger partial charge in [-0.2, -0.15) is 0 Å². The van der Waals surface area contributed by atoms with E-state index in [1.165, 1.54) is 0 Å². The number of hydrogen-bond donors (Lipinski definition) is 1. The number of carbonyl (C=O) groups is 1. The smallest absolute Gasteiger partial charge is 0.165 e. The summed E-state index contributed by atoms with van der Waals surface area (Å²) >= 11 is 3.42. The molecular formula is C14H16BrNO3. The summed E-state index contributed by atoms with van der Waals surface area (Å²) in [6.07, 6.45) is 2.64. The van der Waals surface area contributed by atoms with Gasteiger partial charge in [-0.1, -0.05) is 0 Å². The highest BCUT2D eigenvalue weighted by atomic mass is 79.9. The quantitative estimate of drug-likeness (QED) is 0.867. The van der Waals surface area contributed by atoms with E-state index in [1.54, 1.807) is 6.07 Å². The molecule has 0 saturated heterocycles. The molecule has 4 nitrogen and oxygen atoms in total. The molecule has 1 aliphatic heterocycles. The molecule has 2 aliphatic rings. The van der Waals surface area contributed by atoms with E-state index in [9.17, 15) is 4.79 Å². The first-order valence-electron chi connectivity index (χ1n) is 6.46. The Morgan fingerprint density at radius 2 is 1.89 bits per heavy atom. The summed E-state index contributed by atoms with van der Waals surface area (Å²) < 4.78 is 12.4. The van der Waals surface area contributed by atoms with Gasteiger partial charge in [-0.05, 0) is 47.4 Å². The van der Waals surface area contributed by atoms with E-state index in [-0.39, 0.29) is 11.2 Å². The minimum Gasteiger partial charge on any atom is -0.489 e. The molecule has 1 saturated carbocycles. The van der Waals surface area contributed by atoms with Crippen LogP contribution in [0.4, 0.5) is 0 Å². The van der Waals surface area contributed by atoms with Crippen LogP contribution in [-0.2, 0) is 0 Å². The Labute approximate surface area is 120 Å². The first kappa shape index (κ1) is 12.9. The van der Waals surface area contributed by atoms with Crippen LogP contribution in [0.2, 0.25) is 0 Å². The summed E-state index contributed by atoms with van der Waals surface area (Å²) in [5.41, 5.74) is 6.24. The number of nitrogens with two attached hydrogens (primary N) is 1. The molecule has 102 valence electrons. The minimum absolute atomic E-state index is 0.0196. The monoisotopic (exact) mass is 325 g/mol. The van der Waals surface area contributed by atoms with Crippen molar-refractivity contribution < 1.29 is 14.3 Å². The zero-order valence-electron chi connectivity index (χ0n) is 10.6. The van der Waals surface area contributed by atoms with Crippen LogP contribution in [0.25, 0.3) is 0 Å². The molecule has 1 aromatic rings. The molecule has 0 amide bonds. The van der Waals surface area contributed by atoms with Crippen molar-refractivity contribution in [1.82, 2.24) is 0 Å².